The quantitative estimate of drug-likeness (QED) is 0.863. The van der Waals surface area contributed by atoms with Gasteiger partial charge in [-0.1, -0.05) is 26.8 Å². The highest BCUT2D eigenvalue weighted by atomic mass is 16.2. The maximum absolute atomic E-state index is 11.9. The molecule has 0 aliphatic carbocycles. The highest BCUT2D eigenvalue weighted by molar-refractivity contribution is 5.96. The van der Waals surface area contributed by atoms with Crippen LogP contribution in [0.4, 0.5) is 5.69 Å². The molecule has 4 heteroatoms. The van der Waals surface area contributed by atoms with Crippen LogP contribution in [0.25, 0.3) is 0 Å². The van der Waals surface area contributed by atoms with Gasteiger partial charge in [0.15, 0.2) is 0 Å². The van der Waals surface area contributed by atoms with E-state index in [-0.39, 0.29) is 17.2 Å². The molecular weight excluding hydrogens is 228 g/mol. The van der Waals surface area contributed by atoms with Crippen molar-refractivity contribution in [3.05, 3.63) is 29.8 Å². The van der Waals surface area contributed by atoms with Crippen molar-refractivity contribution < 1.29 is 9.59 Å². The molecule has 0 fully saturated rings. The van der Waals surface area contributed by atoms with E-state index in [9.17, 15) is 9.59 Å². The normalized spacial score (nSPS) is 10.9. The lowest BCUT2D eigenvalue weighted by atomic mass is 9.97. The summed E-state index contributed by atoms with van der Waals surface area (Å²) in [6.45, 7) is 8.21. The van der Waals surface area contributed by atoms with Crippen molar-refractivity contribution in [3.8, 4) is 0 Å². The fourth-order valence-corrected chi connectivity index (χ4v) is 1.39. The number of hydrogen-bond donors (Lipinski definition) is 2. The van der Waals surface area contributed by atoms with Crippen LogP contribution in [0.2, 0.25) is 0 Å². The lowest BCUT2D eigenvalue weighted by molar-refractivity contribution is -0.114. The monoisotopic (exact) mass is 248 g/mol. The molecule has 0 spiro atoms. The van der Waals surface area contributed by atoms with Crippen LogP contribution in [0.3, 0.4) is 0 Å². The summed E-state index contributed by atoms with van der Waals surface area (Å²) in [5.41, 5.74) is 1.22. The van der Waals surface area contributed by atoms with Crippen LogP contribution >= 0.6 is 0 Å². The zero-order chi connectivity index (χ0) is 13.8. The van der Waals surface area contributed by atoms with Gasteiger partial charge in [-0.15, -0.1) is 0 Å². The van der Waals surface area contributed by atoms with Gasteiger partial charge in [-0.2, -0.15) is 0 Å². The van der Waals surface area contributed by atoms with Crippen molar-refractivity contribution in [3.63, 3.8) is 0 Å². The molecule has 0 aromatic heterocycles. The number of benzene rings is 1. The molecular formula is C14H20N2O2. The minimum atomic E-state index is -0.151. The zero-order valence-electron chi connectivity index (χ0n) is 11.3. The van der Waals surface area contributed by atoms with Crippen molar-refractivity contribution in [2.45, 2.75) is 27.7 Å². The van der Waals surface area contributed by atoms with E-state index in [1.54, 1.807) is 24.3 Å². The maximum atomic E-state index is 11.9. The van der Waals surface area contributed by atoms with Crippen LogP contribution in [0.5, 0.6) is 0 Å². The summed E-state index contributed by atoms with van der Waals surface area (Å²) in [6.07, 6.45) is 0. The first kappa shape index (κ1) is 14.2. The molecule has 0 radical (unpaired) electrons. The molecule has 2 amide bonds. The van der Waals surface area contributed by atoms with E-state index in [4.69, 9.17) is 0 Å². The molecule has 0 aliphatic heterocycles. The highest BCUT2D eigenvalue weighted by Gasteiger charge is 2.13. The Morgan fingerprint density at radius 2 is 1.89 bits per heavy atom. The van der Waals surface area contributed by atoms with Crippen LogP contribution in [0.1, 0.15) is 38.1 Å². The molecule has 1 aromatic rings. The summed E-state index contributed by atoms with van der Waals surface area (Å²) in [4.78, 5) is 22.8. The molecule has 98 valence electrons. The third-order valence-electron chi connectivity index (χ3n) is 2.22. The van der Waals surface area contributed by atoms with E-state index in [1.165, 1.54) is 6.92 Å². The molecule has 0 saturated heterocycles. The summed E-state index contributed by atoms with van der Waals surface area (Å²) < 4.78 is 0. The van der Waals surface area contributed by atoms with E-state index in [2.05, 4.69) is 31.4 Å². The Kier molecular flexibility index (Phi) is 4.48. The van der Waals surface area contributed by atoms with Gasteiger partial charge in [0, 0.05) is 24.7 Å². The van der Waals surface area contributed by atoms with Crippen LogP contribution in [0.15, 0.2) is 24.3 Å². The molecule has 1 aromatic carbocycles. The highest BCUT2D eigenvalue weighted by Crippen LogP contribution is 2.13. The van der Waals surface area contributed by atoms with Gasteiger partial charge in [0.05, 0.1) is 0 Å². The third kappa shape index (κ3) is 4.99. The lowest BCUT2D eigenvalue weighted by Gasteiger charge is -2.18. The van der Waals surface area contributed by atoms with Crippen molar-refractivity contribution >= 4 is 17.5 Å². The second-order valence-corrected chi connectivity index (χ2v) is 5.51. The Morgan fingerprint density at radius 1 is 1.22 bits per heavy atom. The van der Waals surface area contributed by atoms with Crippen LogP contribution < -0.4 is 10.6 Å². The minimum Gasteiger partial charge on any atom is -0.352 e. The van der Waals surface area contributed by atoms with E-state index in [0.717, 1.165) is 0 Å². The van der Waals surface area contributed by atoms with Gasteiger partial charge in [0.2, 0.25) is 5.91 Å². The summed E-state index contributed by atoms with van der Waals surface area (Å²) >= 11 is 0. The second kappa shape index (κ2) is 5.67. The number of carbonyl (C=O) groups is 2. The second-order valence-electron chi connectivity index (χ2n) is 5.51. The predicted octanol–water partition coefficient (Wildman–Crippen LogP) is 2.42. The van der Waals surface area contributed by atoms with Crippen LogP contribution in [-0.4, -0.2) is 18.4 Å². The molecule has 2 N–H and O–H groups in total. The standard InChI is InChI=1S/C14H20N2O2/c1-10(17)16-12-7-5-6-11(8-12)13(18)15-9-14(2,3)4/h5-8H,9H2,1-4H3,(H,15,18)(H,16,17). The Balaban J connectivity index is 2.71. The summed E-state index contributed by atoms with van der Waals surface area (Å²) in [5, 5.41) is 5.52. The molecule has 18 heavy (non-hydrogen) atoms. The van der Waals surface area contributed by atoms with Gasteiger partial charge in [-0.05, 0) is 23.6 Å². The molecule has 0 bridgehead atoms. The predicted molar refractivity (Wildman–Crippen MR) is 72.5 cm³/mol. The first-order valence-corrected chi connectivity index (χ1v) is 5.94. The van der Waals surface area contributed by atoms with Crippen molar-refractivity contribution in [2.24, 2.45) is 5.41 Å². The fraction of sp³-hybridized carbons (Fsp3) is 0.429. The van der Waals surface area contributed by atoms with E-state index >= 15 is 0 Å². The number of hydrogen-bond acceptors (Lipinski definition) is 2. The summed E-state index contributed by atoms with van der Waals surface area (Å²) in [7, 11) is 0. The van der Waals surface area contributed by atoms with Gasteiger partial charge in [-0.25, -0.2) is 0 Å². The van der Waals surface area contributed by atoms with Gasteiger partial charge in [0.25, 0.3) is 5.91 Å². The first-order valence-electron chi connectivity index (χ1n) is 5.94. The van der Waals surface area contributed by atoms with Crippen molar-refractivity contribution in [1.29, 1.82) is 0 Å². The number of anilines is 1. The Labute approximate surface area is 108 Å². The summed E-state index contributed by atoms with van der Waals surface area (Å²) in [5.74, 6) is -0.278. The summed E-state index contributed by atoms with van der Waals surface area (Å²) in [6, 6.07) is 6.89. The van der Waals surface area contributed by atoms with Crippen LogP contribution in [-0.2, 0) is 4.79 Å². The third-order valence-corrected chi connectivity index (χ3v) is 2.22. The smallest absolute Gasteiger partial charge is 0.251 e. The molecule has 0 heterocycles. The van der Waals surface area contributed by atoms with Crippen molar-refractivity contribution in [1.82, 2.24) is 5.32 Å². The molecule has 0 atom stereocenters. The van der Waals surface area contributed by atoms with Gasteiger partial charge in [0.1, 0.15) is 0 Å². The average molecular weight is 248 g/mol. The van der Waals surface area contributed by atoms with E-state index in [1.807, 2.05) is 0 Å². The van der Waals surface area contributed by atoms with E-state index in [0.29, 0.717) is 17.8 Å². The number of amides is 2. The Hall–Kier alpha value is -1.84. The van der Waals surface area contributed by atoms with Crippen LogP contribution in [0, 0.1) is 5.41 Å². The first-order chi connectivity index (χ1) is 8.28. The van der Waals surface area contributed by atoms with Crippen molar-refractivity contribution in [2.75, 3.05) is 11.9 Å². The maximum Gasteiger partial charge on any atom is 0.251 e. The topological polar surface area (TPSA) is 58.2 Å². The number of rotatable bonds is 3. The van der Waals surface area contributed by atoms with Gasteiger partial charge < -0.3 is 10.6 Å². The SMILES string of the molecule is CC(=O)Nc1cccc(C(=O)NCC(C)(C)C)c1. The minimum absolute atomic E-state index is 0.0465. The molecule has 0 unspecified atom stereocenters. The largest absolute Gasteiger partial charge is 0.352 e. The Morgan fingerprint density at radius 3 is 2.44 bits per heavy atom. The fourth-order valence-electron chi connectivity index (χ4n) is 1.39. The van der Waals surface area contributed by atoms with Gasteiger partial charge in [-0.3, -0.25) is 9.59 Å². The molecule has 0 aliphatic rings. The average Bonchev–Trinajstić information content (AvgIpc) is 2.24. The Bertz CT molecular complexity index is 447. The van der Waals surface area contributed by atoms with Gasteiger partial charge >= 0.3 is 0 Å². The molecule has 0 saturated carbocycles. The zero-order valence-corrected chi connectivity index (χ0v) is 11.3. The number of carbonyl (C=O) groups excluding carboxylic acids is 2. The molecule has 4 nitrogen and oxygen atoms in total. The number of nitrogens with one attached hydrogen (secondary N) is 2. The van der Waals surface area contributed by atoms with E-state index < -0.39 is 0 Å². The molecule has 1 rings (SSSR count). The lowest BCUT2D eigenvalue weighted by Crippen LogP contribution is -2.32.